The standard InChI is InChI=1S/C20H17ClF3N5O4/c1-10(26-19(32)33)16-28-14-7-3-6-13(21)15(14)17(30)29(16)12-5-2-4-11(8-12)27-18(31)25-9-20(22,23)24/h2-8,10,26H,9H2,1H3,(H,32,33)(H2,25,27,31). The molecule has 3 aromatic rings. The molecule has 0 spiro atoms. The molecule has 0 aliphatic carbocycles. The highest BCUT2D eigenvalue weighted by atomic mass is 35.5. The van der Waals surface area contributed by atoms with Crippen LogP contribution in [-0.2, 0) is 0 Å². The Hall–Kier alpha value is -3.80. The third kappa shape index (κ3) is 5.71. The van der Waals surface area contributed by atoms with Gasteiger partial charge in [0.2, 0.25) is 0 Å². The van der Waals surface area contributed by atoms with Crippen LogP contribution in [0.4, 0.5) is 28.4 Å². The first-order valence-corrected chi connectivity index (χ1v) is 9.77. The number of hydrogen-bond donors (Lipinski definition) is 4. The molecule has 0 aliphatic rings. The molecule has 0 bridgehead atoms. The maximum atomic E-state index is 13.3. The van der Waals surface area contributed by atoms with Crippen molar-refractivity contribution in [3.05, 3.63) is 63.7 Å². The quantitative estimate of drug-likeness (QED) is 0.435. The minimum atomic E-state index is -4.58. The van der Waals surface area contributed by atoms with Crippen LogP contribution in [-0.4, -0.2) is 39.5 Å². The van der Waals surface area contributed by atoms with Gasteiger partial charge in [-0.1, -0.05) is 23.7 Å². The number of alkyl halides is 3. The number of benzene rings is 2. The number of hydrogen-bond acceptors (Lipinski definition) is 4. The number of fused-ring (bicyclic) bond motifs is 1. The summed E-state index contributed by atoms with van der Waals surface area (Å²) in [6.45, 7) is -0.0386. The summed E-state index contributed by atoms with van der Waals surface area (Å²) >= 11 is 6.19. The molecular weight excluding hydrogens is 467 g/mol. The summed E-state index contributed by atoms with van der Waals surface area (Å²) < 4.78 is 38.0. The second-order valence-corrected chi connectivity index (χ2v) is 7.30. The number of carboxylic acid groups (broad SMARTS) is 1. The predicted octanol–water partition coefficient (Wildman–Crippen LogP) is 4.05. The average molecular weight is 484 g/mol. The van der Waals surface area contributed by atoms with Crippen LogP contribution < -0.4 is 21.5 Å². The molecule has 1 heterocycles. The first kappa shape index (κ1) is 23.9. The van der Waals surface area contributed by atoms with Crippen LogP contribution in [0.5, 0.6) is 0 Å². The summed E-state index contributed by atoms with van der Waals surface area (Å²) in [6, 6.07) is 8.29. The highest BCUT2D eigenvalue weighted by molar-refractivity contribution is 6.35. The molecule has 4 N–H and O–H groups in total. The molecule has 0 radical (unpaired) electrons. The minimum absolute atomic E-state index is 0.0378. The predicted molar refractivity (Wildman–Crippen MR) is 115 cm³/mol. The number of rotatable bonds is 5. The van der Waals surface area contributed by atoms with Gasteiger partial charge in [-0.3, -0.25) is 9.36 Å². The number of anilines is 1. The summed E-state index contributed by atoms with van der Waals surface area (Å²) in [5, 5.41) is 15.5. The van der Waals surface area contributed by atoms with E-state index in [0.29, 0.717) is 0 Å². The van der Waals surface area contributed by atoms with Crippen molar-refractivity contribution in [2.45, 2.75) is 19.1 Å². The molecule has 3 amide bonds. The van der Waals surface area contributed by atoms with E-state index in [9.17, 15) is 27.6 Å². The second kappa shape index (κ2) is 9.36. The van der Waals surface area contributed by atoms with Crippen molar-refractivity contribution in [1.82, 2.24) is 20.2 Å². The smallest absolute Gasteiger partial charge is 0.405 e. The third-order valence-corrected chi connectivity index (χ3v) is 4.73. The van der Waals surface area contributed by atoms with Gasteiger partial charge in [-0.25, -0.2) is 14.6 Å². The summed E-state index contributed by atoms with van der Waals surface area (Å²) in [7, 11) is 0. The van der Waals surface area contributed by atoms with Gasteiger partial charge in [0.15, 0.2) is 0 Å². The van der Waals surface area contributed by atoms with Gasteiger partial charge in [-0.2, -0.15) is 13.2 Å². The zero-order chi connectivity index (χ0) is 24.3. The van der Waals surface area contributed by atoms with Gasteiger partial charge in [0, 0.05) is 5.69 Å². The fourth-order valence-electron chi connectivity index (χ4n) is 3.08. The summed E-state index contributed by atoms with van der Waals surface area (Å²) in [4.78, 5) is 40.7. The van der Waals surface area contributed by atoms with Gasteiger partial charge in [0.25, 0.3) is 5.56 Å². The summed E-state index contributed by atoms with van der Waals surface area (Å²) in [5.41, 5.74) is -0.0861. The van der Waals surface area contributed by atoms with Crippen LogP contribution in [0.25, 0.3) is 16.6 Å². The maximum Gasteiger partial charge on any atom is 0.405 e. The first-order chi connectivity index (χ1) is 15.5. The van der Waals surface area contributed by atoms with Crippen molar-refractivity contribution in [3.63, 3.8) is 0 Å². The summed E-state index contributed by atoms with van der Waals surface area (Å²) in [5.74, 6) is 0.0378. The molecule has 2 aromatic carbocycles. The molecule has 13 heteroatoms. The van der Waals surface area contributed by atoms with Gasteiger partial charge in [-0.15, -0.1) is 0 Å². The van der Waals surface area contributed by atoms with E-state index < -0.39 is 36.4 Å². The van der Waals surface area contributed by atoms with Crippen molar-refractivity contribution < 1.29 is 27.9 Å². The van der Waals surface area contributed by atoms with Crippen LogP contribution >= 0.6 is 11.6 Å². The van der Waals surface area contributed by atoms with E-state index in [-0.39, 0.29) is 33.1 Å². The van der Waals surface area contributed by atoms with Gasteiger partial charge >= 0.3 is 18.3 Å². The molecule has 33 heavy (non-hydrogen) atoms. The van der Waals surface area contributed by atoms with E-state index >= 15 is 0 Å². The van der Waals surface area contributed by atoms with Crippen molar-refractivity contribution >= 4 is 40.3 Å². The van der Waals surface area contributed by atoms with E-state index in [4.69, 9.17) is 16.7 Å². The number of nitrogens with zero attached hydrogens (tertiary/aromatic N) is 2. The molecule has 1 atom stereocenters. The second-order valence-electron chi connectivity index (χ2n) is 6.89. The minimum Gasteiger partial charge on any atom is -0.465 e. The van der Waals surface area contributed by atoms with Crippen LogP contribution in [0.15, 0.2) is 47.3 Å². The Morgan fingerprint density at radius 1 is 1.21 bits per heavy atom. The van der Waals surface area contributed by atoms with Gasteiger partial charge in [0.1, 0.15) is 12.4 Å². The van der Waals surface area contributed by atoms with Crippen molar-refractivity contribution in [2.75, 3.05) is 11.9 Å². The Morgan fingerprint density at radius 3 is 2.58 bits per heavy atom. The third-order valence-electron chi connectivity index (χ3n) is 4.41. The molecule has 0 saturated carbocycles. The van der Waals surface area contributed by atoms with E-state index in [1.54, 1.807) is 17.4 Å². The Kier molecular flexibility index (Phi) is 6.77. The number of amides is 3. The Labute approximate surface area is 189 Å². The lowest BCUT2D eigenvalue weighted by Gasteiger charge is -2.19. The average Bonchev–Trinajstić information content (AvgIpc) is 2.71. The SMILES string of the molecule is CC(NC(=O)O)c1nc2cccc(Cl)c2c(=O)n1-c1cccc(NC(=O)NCC(F)(F)F)c1. The monoisotopic (exact) mass is 483 g/mol. The highest BCUT2D eigenvalue weighted by Crippen LogP contribution is 2.24. The number of aromatic nitrogens is 2. The Morgan fingerprint density at radius 2 is 1.91 bits per heavy atom. The van der Waals surface area contributed by atoms with Crippen molar-refractivity contribution in [3.8, 4) is 5.69 Å². The van der Waals surface area contributed by atoms with Crippen LogP contribution in [0.2, 0.25) is 5.02 Å². The molecule has 1 unspecified atom stereocenters. The molecular formula is C20H17ClF3N5O4. The Balaban J connectivity index is 2.08. The number of nitrogens with one attached hydrogen (secondary N) is 3. The number of halogens is 4. The molecule has 3 rings (SSSR count). The molecule has 0 aliphatic heterocycles. The lowest BCUT2D eigenvalue weighted by Crippen LogP contribution is -2.36. The van der Waals surface area contributed by atoms with Crippen LogP contribution in [0.1, 0.15) is 18.8 Å². The van der Waals surface area contributed by atoms with E-state index in [0.717, 1.165) is 4.57 Å². The molecule has 174 valence electrons. The molecule has 0 fully saturated rings. The first-order valence-electron chi connectivity index (χ1n) is 9.39. The molecule has 1 aromatic heterocycles. The van der Waals surface area contributed by atoms with E-state index in [2.05, 4.69) is 15.6 Å². The zero-order valence-corrected chi connectivity index (χ0v) is 17.7. The number of carbonyl (C=O) groups is 2. The fourth-order valence-corrected chi connectivity index (χ4v) is 3.33. The molecule has 9 nitrogen and oxygen atoms in total. The molecule has 0 saturated heterocycles. The van der Waals surface area contributed by atoms with Gasteiger partial charge < -0.3 is 21.1 Å². The fraction of sp³-hybridized carbons (Fsp3) is 0.200. The largest absolute Gasteiger partial charge is 0.465 e. The van der Waals surface area contributed by atoms with E-state index in [1.165, 1.54) is 37.3 Å². The topological polar surface area (TPSA) is 125 Å². The maximum absolute atomic E-state index is 13.3. The van der Waals surface area contributed by atoms with Crippen molar-refractivity contribution in [1.29, 1.82) is 0 Å². The van der Waals surface area contributed by atoms with Gasteiger partial charge in [0.05, 0.1) is 27.7 Å². The van der Waals surface area contributed by atoms with Crippen molar-refractivity contribution in [2.24, 2.45) is 0 Å². The van der Waals surface area contributed by atoms with E-state index in [1.807, 2.05) is 0 Å². The van der Waals surface area contributed by atoms with Crippen LogP contribution in [0, 0.1) is 0 Å². The Bertz CT molecular complexity index is 1280. The zero-order valence-electron chi connectivity index (χ0n) is 16.9. The number of carbonyl (C=O) groups excluding carboxylic acids is 1. The summed E-state index contributed by atoms with van der Waals surface area (Å²) in [6.07, 6.45) is -5.92. The lowest BCUT2D eigenvalue weighted by atomic mass is 10.2. The van der Waals surface area contributed by atoms with Gasteiger partial charge in [-0.05, 0) is 37.3 Å². The number of urea groups is 1. The lowest BCUT2D eigenvalue weighted by molar-refractivity contribution is -0.122. The van der Waals surface area contributed by atoms with Crippen LogP contribution in [0.3, 0.4) is 0 Å². The highest BCUT2D eigenvalue weighted by Gasteiger charge is 2.27. The normalized spacial score (nSPS) is 12.3.